The largest absolute Gasteiger partial charge is 0.433 e. The van der Waals surface area contributed by atoms with Gasteiger partial charge in [-0.3, -0.25) is 4.90 Å². The van der Waals surface area contributed by atoms with Crippen molar-refractivity contribution in [3.63, 3.8) is 0 Å². The second kappa shape index (κ2) is 10.4. The van der Waals surface area contributed by atoms with Crippen molar-refractivity contribution >= 4 is 32.8 Å². The first kappa shape index (κ1) is 26.4. The van der Waals surface area contributed by atoms with Gasteiger partial charge >= 0.3 is 6.18 Å². The van der Waals surface area contributed by atoms with Crippen LogP contribution >= 0.6 is 11.3 Å². The van der Waals surface area contributed by atoms with E-state index in [0.29, 0.717) is 10.7 Å². The van der Waals surface area contributed by atoms with Gasteiger partial charge < -0.3 is 15.5 Å². The summed E-state index contributed by atoms with van der Waals surface area (Å²) in [6.45, 7) is 2.07. The van der Waals surface area contributed by atoms with Gasteiger partial charge in [-0.05, 0) is 36.2 Å². The predicted molar refractivity (Wildman–Crippen MR) is 129 cm³/mol. The van der Waals surface area contributed by atoms with Crippen LogP contribution in [-0.2, 0) is 22.6 Å². The summed E-state index contributed by atoms with van der Waals surface area (Å²) >= 11 is 1.36. The summed E-state index contributed by atoms with van der Waals surface area (Å²) in [6, 6.07) is 5.56. The number of halogens is 3. The van der Waals surface area contributed by atoms with Gasteiger partial charge in [-0.25, -0.2) is 23.4 Å². The number of aliphatic hydroxyl groups excluding tert-OH is 2. The van der Waals surface area contributed by atoms with Gasteiger partial charge in [0.25, 0.3) is 0 Å². The fourth-order valence-electron chi connectivity index (χ4n) is 4.04. The zero-order valence-corrected chi connectivity index (χ0v) is 20.7. The number of aliphatic hydroxyl groups is 2. The Bertz CT molecular complexity index is 1330. The van der Waals surface area contributed by atoms with Gasteiger partial charge in [0.2, 0.25) is 5.95 Å². The molecule has 0 saturated carbocycles. The first-order valence-electron chi connectivity index (χ1n) is 10.9. The molecule has 0 bridgehead atoms. The van der Waals surface area contributed by atoms with Crippen LogP contribution < -0.4 is 5.32 Å². The Balaban J connectivity index is 1.53. The second-order valence-corrected chi connectivity index (χ2v) is 11.8. The zero-order valence-electron chi connectivity index (χ0n) is 19.1. The SMILES string of the molecule is Cc1cc(Nc2nccc(C(F)(F)F)n2)cc(-c2cnc(CN(CCO)C3CS(=O)(=O)CC3O)s2)c1. The van der Waals surface area contributed by atoms with Crippen LogP contribution in [0.15, 0.2) is 36.7 Å². The van der Waals surface area contributed by atoms with E-state index in [1.807, 2.05) is 13.0 Å². The highest BCUT2D eigenvalue weighted by molar-refractivity contribution is 7.91. The first-order chi connectivity index (χ1) is 16.9. The Morgan fingerprint density at radius 3 is 2.67 bits per heavy atom. The van der Waals surface area contributed by atoms with E-state index in [4.69, 9.17) is 0 Å². The van der Waals surface area contributed by atoms with Gasteiger partial charge in [0, 0.05) is 24.6 Å². The highest BCUT2D eigenvalue weighted by atomic mass is 32.2. The Labute approximate surface area is 209 Å². The molecule has 0 radical (unpaired) electrons. The lowest BCUT2D eigenvalue weighted by molar-refractivity contribution is -0.141. The van der Waals surface area contributed by atoms with Gasteiger partial charge in [0.1, 0.15) is 10.7 Å². The van der Waals surface area contributed by atoms with Crippen LogP contribution in [-0.4, -0.2) is 75.3 Å². The number of nitrogens with one attached hydrogen (secondary N) is 1. The molecule has 2 atom stereocenters. The van der Waals surface area contributed by atoms with Crippen LogP contribution in [0.1, 0.15) is 16.3 Å². The minimum Gasteiger partial charge on any atom is -0.395 e. The number of thiazole rings is 1. The molecule has 2 unspecified atom stereocenters. The second-order valence-electron chi connectivity index (χ2n) is 8.50. The third-order valence-electron chi connectivity index (χ3n) is 5.61. The summed E-state index contributed by atoms with van der Waals surface area (Å²) in [5.41, 5.74) is 1.07. The Hall–Kier alpha value is -2.65. The molecule has 0 aliphatic carbocycles. The number of hydrogen-bond acceptors (Lipinski definition) is 10. The average molecular weight is 544 g/mol. The molecule has 1 saturated heterocycles. The number of alkyl halides is 3. The topological polar surface area (TPSA) is 129 Å². The molecule has 3 N–H and O–H groups in total. The van der Waals surface area contributed by atoms with E-state index in [1.165, 1.54) is 11.3 Å². The quantitative estimate of drug-likeness (QED) is 0.393. The molecule has 9 nitrogen and oxygen atoms in total. The summed E-state index contributed by atoms with van der Waals surface area (Å²) in [4.78, 5) is 14.3. The first-order valence-corrected chi connectivity index (χ1v) is 13.5. The Morgan fingerprint density at radius 2 is 2.00 bits per heavy atom. The van der Waals surface area contributed by atoms with Crippen molar-refractivity contribution < 1.29 is 31.8 Å². The van der Waals surface area contributed by atoms with Crippen molar-refractivity contribution in [2.45, 2.75) is 31.8 Å². The summed E-state index contributed by atoms with van der Waals surface area (Å²) in [6.07, 6.45) is -2.93. The highest BCUT2D eigenvalue weighted by Gasteiger charge is 2.40. The van der Waals surface area contributed by atoms with Crippen LogP contribution in [0.2, 0.25) is 0 Å². The molecule has 3 aromatic rings. The van der Waals surface area contributed by atoms with Crippen LogP contribution in [0.4, 0.5) is 24.8 Å². The summed E-state index contributed by atoms with van der Waals surface area (Å²) in [5, 5.41) is 23.2. The molecule has 1 fully saturated rings. The van der Waals surface area contributed by atoms with E-state index in [9.17, 15) is 31.8 Å². The van der Waals surface area contributed by atoms with Crippen molar-refractivity contribution in [2.24, 2.45) is 0 Å². The molecule has 36 heavy (non-hydrogen) atoms. The van der Waals surface area contributed by atoms with Crippen LogP contribution in [0.3, 0.4) is 0 Å². The Kier molecular flexibility index (Phi) is 7.61. The maximum atomic E-state index is 13.0. The lowest BCUT2D eigenvalue weighted by Gasteiger charge is -2.28. The lowest BCUT2D eigenvalue weighted by atomic mass is 10.1. The van der Waals surface area contributed by atoms with Crippen molar-refractivity contribution in [1.29, 1.82) is 0 Å². The number of benzene rings is 1. The molecule has 1 aliphatic heterocycles. The number of rotatable bonds is 8. The van der Waals surface area contributed by atoms with E-state index in [-0.39, 0.29) is 37.2 Å². The monoisotopic (exact) mass is 543 g/mol. The van der Waals surface area contributed by atoms with Gasteiger partial charge in [0.05, 0.1) is 41.7 Å². The number of hydrogen-bond donors (Lipinski definition) is 3. The van der Waals surface area contributed by atoms with Crippen molar-refractivity contribution in [3.05, 3.63) is 52.9 Å². The number of sulfone groups is 1. The van der Waals surface area contributed by atoms with E-state index in [0.717, 1.165) is 28.3 Å². The van der Waals surface area contributed by atoms with Crippen LogP contribution in [0.5, 0.6) is 0 Å². The van der Waals surface area contributed by atoms with Gasteiger partial charge in [-0.1, -0.05) is 6.07 Å². The highest BCUT2D eigenvalue weighted by Crippen LogP contribution is 2.32. The standard InChI is InChI=1S/C22H24F3N5O4S2/c1-13-6-14(8-15(7-13)28-21-26-3-2-19(29-21)22(23,24)25)18-9-27-20(35-18)10-30(4-5-31)16-11-36(33,34)12-17(16)32/h2-3,6-9,16-17,31-32H,4-5,10-12H2,1H3,(H,26,28,29). The number of anilines is 2. The predicted octanol–water partition coefficient (Wildman–Crippen LogP) is 2.62. The van der Waals surface area contributed by atoms with Crippen molar-refractivity contribution in [2.75, 3.05) is 30.0 Å². The Morgan fingerprint density at radius 1 is 1.22 bits per heavy atom. The number of aryl methyl sites for hydroxylation is 1. The van der Waals surface area contributed by atoms with Gasteiger partial charge in [0.15, 0.2) is 9.84 Å². The normalized spacial score (nSPS) is 19.6. The van der Waals surface area contributed by atoms with E-state index >= 15 is 0 Å². The lowest BCUT2D eigenvalue weighted by Crippen LogP contribution is -2.44. The minimum absolute atomic E-state index is 0.182. The molecule has 194 valence electrons. The molecule has 4 rings (SSSR count). The zero-order chi connectivity index (χ0) is 26.1. The van der Waals surface area contributed by atoms with E-state index < -0.39 is 33.9 Å². The third kappa shape index (κ3) is 6.37. The van der Waals surface area contributed by atoms with Crippen molar-refractivity contribution in [1.82, 2.24) is 19.9 Å². The van der Waals surface area contributed by atoms with Gasteiger partial charge in [-0.15, -0.1) is 11.3 Å². The molecule has 0 amide bonds. The van der Waals surface area contributed by atoms with Crippen molar-refractivity contribution in [3.8, 4) is 10.4 Å². The molecule has 3 heterocycles. The molecule has 2 aromatic heterocycles. The minimum atomic E-state index is -4.58. The number of aromatic nitrogens is 3. The molecule has 1 aliphatic rings. The number of nitrogens with zero attached hydrogens (tertiary/aromatic N) is 4. The van der Waals surface area contributed by atoms with E-state index in [1.54, 1.807) is 23.2 Å². The third-order valence-corrected chi connectivity index (χ3v) is 8.34. The maximum Gasteiger partial charge on any atom is 0.433 e. The maximum absolute atomic E-state index is 13.0. The molecular formula is C22H24F3N5O4S2. The van der Waals surface area contributed by atoms with E-state index in [2.05, 4.69) is 20.3 Å². The molecule has 1 aromatic carbocycles. The fourth-order valence-corrected chi connectivity index (χ4v) is 6.81. The van der Waals surface area contributed by atoms with Crippen LogP contribution in [0.25, 0.3) is 10.4 Å². The smallest absolute Gasteiger partial charge is 0.395 e. The summed E-state index contributed by atoms with van der Waals surface area (Å²) in [7, 11) is -3.35. The summed E-state index contributed by atoms with van der Waals surface area (Å²) < 4.78 is 62.8. The van der Waals surface area contributed by atoms with Gasteiger partial charge in [-0.2, -0.15) is 13.2 Å². The molecule has 14 heteroatoms. The van der Waals surface area contributed by atoms with Crippen LogP contribution in [0, 0.1) is 6.92 Å². The average Bonchev–Trinajstić information content (AvgIpc) is 3.35. The summed E-state index contributed by atoms with van der Waals surface area (Å²) in [5.74, 6) is -0.676. The molecular weight excluding hydrogens is 519 g/mol. The fraction of sp³-hybridized carbons (Fsp3) is 0.409. The molecule has 0 spiro atoms.